The maximum absolute atomic E-state index is 12.9. The molecule has 0 spiro atoms. The average Bonchev–Trinajstić information content (AvgIpc) is 3.25. The molecule has 3 atom stereocenters. The number of nitrogens with zero attached hydrogens (tertiary/aromatic N) is 1. The van der Waals surface area contributed by atoms with E-state index in [9.17, 15) is 19.4 Å². The number of hydrogen-bond donors (Lipinski definition) is 3. The molecule has 0 aromatic rings. The molecule has 0 saturated carbocycles. The molecule has 3 N–H and O–H groups in total. The van der Waals surface area contributed by atoms with Crippen molar-refractivity contribution >= 4 is 13.7 Å². The zero-order valence-corrected chi connectivity index (χ0v) is 43.7. The second-order valence-corrected chi connectivity index (χ2v) is 21.0. The number of amides is 1. The lowest BCUT2D eigenvalue weighted by molar-refractivity contribution is -0.870. The molecular weight excluding hydrogens is 816 g/mol. The number of rotatable bonds is 49. The zero-order valence-electron chi connectivity index (χ0n) is 42.8. The minimum atomic E-state index is -4.35. The molecular formula is C55H106N2O6P+. The van der Waals surface area contributed by atoms with E-state index in [1.54, 1.807) is 6.08 Å². The lowest BCUT2D eigenvalue weighted by Crippen LogP contribution is -2.45. The molecule has 0 heterocycles. The van der Waals surface area contributed by atoms with Crippen LogP contribution < -0.4 is 5.32 Å². The number of carbonyl (C=O) groups excluding carboxylic acids is 1. The van der Waals surface area contributed by atoms with Gasteiger partial charge in [0.15, 0.2) is 0 Å². The first-order chi connectivity index (χ1) is 31.0. The second-order valence-electron chi connectivity index (χ2n) is 19.6. The summed E-state index contributed by atoms with van der Waals surface area (Å²) < 4.78 is 23.6. The van der Waals surface area contributed by atoms with Crippen molar-refractivity contribution < 1.29 is 32.9 Å². The summed E-state index contributed by atoms with van der Waals surface area (Å²) in [7, 11) is 1.54. The zero-order chi connectivity index (χ0) is 47.1. The lowest BCUT2D eigenvalue weighted by atomic mass is 10.0. The Morgan fingerprint density at radius 3 is 1.30 bits per heavy atom. The van der Waals surface area contributed by atoms with Crippen molar-refractivity contribution in [3.63, 3.8) is 0 Å². The molecule has 3 unspecified atom stereocenters. The Bertz CT molecular complexity index is 1180. The van der Waals surface area contributed by atoms with Gasteiger partial charge < -0.3 is 19.8 Å². The number of aliphatic hydroxyl groups is 1. The highest BCUT2D eigenvalue weighted by Gasteiger charge is 2.27. The van der Waals surface area contributed by atoms with Gasteiger partial charge in [-0.3, -0.25) is 13.8 Å². The summed E-state index contributed by atoms with van der Waals surface area (Å²) in [5.74, 6) is -0.202. The van der Waals surface area contributed by atoms with Gasteiger partial charge in [0.05, 0.1) is 39.9 Å². The van der Waals surface area contributed by atoms with E-state index in [4.69, 9.17) is 9.05 Å². The summed E-state index contributed by atoms with van der Waals surface area (Å²) in [6, 6.07) is -0.874. The summed E-state index contributed by atoms with van der Waals surface area (Å²) in [6.07, 6.45) is 60.9. The summed E-state index contributed by atoms with van der Waals surface area (Å²) >= 11 is 0. The van der Waals surface area contributed by atoms with Crippen LogP contribution in [-0.2, 0) is 18.4 Å². The molecule has 0 saturated heterocycles. The molecule has 0 aliphatic carbocycles. The highest BCUT2D eigenvalue weighted by atomic mass is 31.2. The Kier molecular flexibility index (Phi) is 45.4. The first-order valence-electron chi connectivity index (χ1n) is 27.0. The van der Waals surface area contributed by atoms with Crippen molar-refractivity contribution in [2.24, 2.45) is 0 Å². The maximum Gasteiger partial charge on any atom is 0.472 e. The summed E-state index contributed by atoms with van der Waals surface area (Å²) in [5, 5.41) is 13.8. The van der Waals surface area contributed by atoms with Gasteiger partial charge in [-0.15, -0.1) is 0 Å². The average molecular weight is 922 g/mol. The third kappa shape index (κ3) is 48.4. The van der Waals surface area contributed by atoms with Crippen LogP contribution in [0.5, 0.6) is 0 Å². The van der Waals surface area contributed by atoms with Crippen molar-refractivity contribution in [3.05, 3.63) is 48.6 Å². The number of unbranched alkanes of at least 4 members (excludes halogenated alkanes) is 30. The fourth-order valence-electron chi connectivity index (χ4n) is 7.70. The van der Waals surface area contributed by atoms with E-state index in [1.165, 1.54) is 154 Å². The van der Waals surface area contributed by atoms with Crippen LogP contribution >= 0.6 is 7.82 Å². The molecule has 9 heteroatoms. The Hall–Kier alpha value is -1.54. The lowest BCUT2D eigenvalue weighted by Gasteiger charge is -2.25. The van der Waals surface area contributed by atoms with Gasteiger partial charge in [-0.25, -0.2) is 4.57 Å². The highest BCUT2D eigenvalue weighted by molar-refractivity contribution is 7.47. The van der Waals surface area contributed by atoms with Gasteiger partial charge in [0.1, 0.15) is 13.2 Å². The van der Waals surface area contributed by atoms with Crippen LogP contribution in [-0.4, -0.2) is 73.4 Å². The first-order valence-corrected chi connectivity index (χ1v) is 28.5. The SMILES string of the molecule is CCCC/C=C\CCCCCCCC(=O)NC(COP(=O)(O)OCC[N+](C)(C)C)C(O)/C=C/CC/C=C/CC/C=C/CCCCCCCCCCCCCCCCCCCCCCC. The first kappa shape index (κ1) is 62.5. The Morgan fingerprint density at radius 2 is 0.875 bits per heavy atom. The van der Waals surface area contributed by atoms with Crippen LogP contribution in [0.4, 0.5) is 0 Å². The van der Waals surface area contributed by atoms with E-state index >= 15 is 0 Å². The number of likely N-dealkylation sites (N-methyl/N-ethyl adjacent to an activating group) is 1. The van der Waals surface area contributed by atoms with E-state index in [-0.39, 0.29) is 19.1 Å². The number of allylic oxidation sites excluding steroid dienone is 7. The fraction of sp³-hybridized carbons (Fsp3) is 0.836. The van der Waals surface area contributed by atoms with Gasteiger partial charge in [-0.1, -0.05) is 223 Å². The minimum absolute atomic E-state index is 0.0510. The quantitative estimate of drug-likeness (QED) is 0.0243. The number of phosphoric acid groups is 1. The predicted octanol–water partition coefficient (Wildman–Crippen LogP) is 16.0. The van der Waals surface area contributed by atoms with Gasteiger partial charge in [-0.05, 0) is 64.2 Å². The smallest absolute Gasteiger partial charge is 0.387 e. The molecule has 0 aliphatic heterocycles. The fourth-order valence-corrected chi connectivity index (χ4v) is 8.44. The summed E-state index contributed by atoms with van der Waals surface area (Å²) in [5.41, 5.74) is 0. The standard InChI is InChI=1S/C55H105N2O6P/c1-6-8-10-12-14-16-18-19-20-21-22-23-24-25-26-27-28-29-30-31-32-33-34-35-36-37-39-40-42-44-46-48-54(58)53(52-63-64(60,61)62-51-50-57(3,4)5)56-55(59)49-47-45-43-41-38-17-15-13-11-9-7-2/h13,15,34-35,39-40,46,48,53-54,58H,6-12,14,16-33,36-38,41-45,47,49-52H2,1-5H3,(H-,56,59,60,61)/p+1/b15-13-,35-34+,40-39+,48-46+. The molecule has 64 heavy (non-hydrogen) atoms. The van der Waals surface area contributed by atoms with Crippen LogP contribution in [0.3, 0.4) is 0 Å². The monoisotopic (exact) mass is 922 g/mol. The van der Waals surface area contributed by atoms with Crippen LogP contribution in [0.2, 0.25) is 0 Å². The maximum atomic E-state index is 12.9. The minimum Gasteiger partial charge on any atom is -0.387 e. The second kappa shape index (κ2) is 46.6. The molecule has 0 fully saturated rings. The van der Waals surface area contributed by atoms with E-state index in [2.05, 4.69) is 55.6 Å². The summed E-state index contributed by atoms with van der Waals surface area (Å²) in [4.78, 5) is 23.1. The third-order valence-corrected chi connectivity index (χ3v) is 13.0. The Morgan fingerprint density at radius 1 is 0.516 bits per heavy atom. The number of carbonyl (C=O) groups is 1. The van der Waals surface area contributed by atoms with Crippen LogP contribution in [0.15, 0.2) is 48.6 Å². The van der Waals surface area contributed by atoms with Crippen LogP contribution in [0, 0.1) is 0 Å². The van der Waals surface area contributed by atoms with Gasteiger partial charge in [0, 0.05) is 6.42 Å². The molecule has 1 amide bonds. The van der Waals surface area contributed by atoms with Crippen molar-refractivity contribution in [2.45, 2.75) is 257 Å². The van der Waals surface area contributed by atoms with E-state index in [1.807, 2.05) is 27.2 Å². The Labute approximate surface area is 397 Å². The van der Waals surface area contributed by atoms with Gasteiger partial charge in [0.2, 0.25) is 5.91 Å². The Balaban J connectivity index is 4.16. The van der Waals surface area contributed by atoms with Crippen LogP contribution in [0.1, 0.15) is 245 Å². The van der Waals surface area contributed by atoms with Gasteiger partial charge >= 0.3 is 7.82 Å². The number of nitrogens with one attached hydrogen (secondary N) is 1. The molecule has 0 aromatic carbocycles. The van der Waals surface area contributed by atoms with E-state index < -0.39 is 20.0 Å². The highest BCUT2D eigenvalue weighted by Crippen LogP contribution is 2.43. The van der Waals surface area contributed by atoms with Crippen molar-refractivity contribution in [1.29, 1.82) is 0 Å². The molecule has 0 radical (unpaired) electrons. The molecule has 0 aliphatic rings. The third-order valence-electron chi connectivity index (χ3n) is 12.0. The van der Waals surface area contributed by atoms with Crippen molar-refractivity contribution in [1.82, 2.24) is 5.32 Å². The van der Waals surface area contributed by atoms with E-state index in [0.717, 1.165) is 70.6 Å². The number of quaternary nitrogens is 1. The molecule has 8 nitrogen and oxygen atoms in total. The number of aliphatic hydroxyl groups excluding tert-OH is 1. The topological polar surface area (TPSA) is 105 Å². The van der Waals surface area contributed by atoms with Crippen molar-refractivity contribution in [3.8, 4) is 0 Å². The molecule has 376 valence electrons. The normalized spacial score (nSPS) is 14.4. The number of phosphoric ester groups is 1. The van der Waals surface area contributed by atoms with Gasteiger partial charge in [0.25, 0.3) is 0 Å². The van der Waals surface area contributed by atoms with Crippen molar-refractivity contribution in [2.75, 3.05) is 40.9 Å². The molecule has 0 bridgehead atoms. The summed E-state index contributed by atoms with van der Waals surface area (Å²) in [6.45, 7) is 4.75. The molecule has 0 rings (SSSR count). The number of hydrogen-bond acceptors (Lipinski definition) is 5. The molecule has 0 aromatic heterocycles. The van der Waals surface area contributed by atoms with Crippen LogP contribution in [0.25, 0.3) is 0 Å². The van der Waals surface area contributed by atoms with Gasteiger partial charge in [-0.2, -0.15) is 0 Å². The predicted molar refractivity (Wildman–Crippen MR) is 277 cm³/mol. The van der Waals surface area contributed by atoms with E-state index in [0.29, 0.717) is 17.4 Å². The largest absolute Gasteiger partial charge is 0.472 e.